The Kier molecular flexibility index (Phi) is 4.72. The second-order valence-corrected chi connectivity index (χ2v) is 7.62. The summed E-state index contributed by atoms with van der Waals surface area (Å²) < 4.78 is 3.12. The van der Waals surface area contributed by atoms with E-state index in [1.54, 1.807) is 29.5 Å². The number of nitrogens with zero attached hydrogens (tertiary/aromatic N) is 1. The molecule has 0 atom stereocenters. The molecule has 1 N–H and O–H groups in total. The number of amides is 1. The summed E-state index contributed by atoms with van der Waals surface area (Å²) in [7, 11) is 0. The normalized spacial score (nSPS) is 11.0. The third kappa shape index (κ3) is 3.36. The molecule has 26 heavy (non-hydrogen) atoms. The van der Waals surface area contributed by atoms with Crippen molar-refractivity contribution >= 4 is 56.3 Å². The molecule has 6 heteroatoms. The first-order valence-electron chi connectivity index (χ1n) is 7.99. The van der Waals surface area contributed by atoms with Crippen LogP contribution in [0.2, 0.25) is 10.0 Å². The fraction of sp³-hybridized carbons (Fsp3) is 0.0500. The maximum Gasteiger partial charge on any atom is 0.272 e. The van der Waals surface area contributed by atoms with Gasteiger partial charge in [-0.25, -0.2) is 0 Å². The summed E-state index contributed by atoms with van der Waals surface area (Å²) in [5.74, 6) is -0.178. The highest BCUT2D eigenvalue weighted by Crippen LogP contribution is 2.28. The van der Waals surface area contributed by atoms with Crippen molar-refractivity contribution in [3.63, 3.8) is 0 Å². The SMILES string of the molecule is O=C(Nc1ccc(Cl)c(Cl)c1)c1cc2sccc2n1Cc1ccccc1. The van der Waals surface area contributed by atoms with Gasteiger partial charge in [-0.2, -0.15) is 0 Å². The van der Waals surface area contributed by atoms with E-state index in [1.807, 2.05) is 40.3 Å². The van der Waals surface area contributed by atoms with Crippen molar-refractivity contribution in [2.45, 2.75) is 6.54 Å². The second kappa shape index (κ2) is 7.16. The summed E-state index contributed by atoms with van der Waals surface area (Å²) in [6.45, 7) is 0.630. The van der Waals surface area contributed by atoms with E-state index in [9.17, 15) is 4.79 Å². The van der Waals surface area contributed by atoms with Crippen molar-refractivity contribution in [3.8, 4) is 0 Å². The minimum absolute atomic E-state index is 0.178. The molecule has 4 rings (SSSR count). The number of hydrogen-bond acceptors (Lipinski definition) is 2. The molecule has 4 aromatic rings. The fourth-order valence-corrected chi connectivity index (χ4v) is 3.99. The maximum atomic E-state index is 12.9. The standard InChI is InChI=1S/C20H14Cl2N2OS/c21-15-7-6-14(10-16(15)22)23-20(25)18-11-19-17(8-9-26-19)24(18)12-13-4-2-1-3-5-13/h1-11H,12H2,(H,23,25). The Labute approximate surface area is 164 Å². The van der Waals surface area contributed by atoms with E-state index in [2.05, 4.69) is 17.4 Å². The molecule has 0 fully saturated rings. The number of fused-ring (bicyclic) bond motifs is 1. The van der Waals surface area contributed by atoms with E-state index < -0.39 is 0 Å². The molecule has 2 heterocycles. The molecule has 1 amide bonds. The van der Waals surface area contributed by atoms with Crippen LogP contribution in [0.1, 0.15) is 16.1 Å². The van der Waals surface area contributed by atoms with Gasteiger partial charge in [0, 0.05) is 12.2 Å². The van der Waals surface area contributed by atoms with Crippen LogP contribution < -0.4 is 5.32 Å². The Bertz CT molecular complexity index is 1090. The van der Waals surface area contributed by atoms with Gasteiger partial charge in [-0.15, -0.1) is 11.3 Å². The van der Waals surface area contributed by atoms with Gasteiger partial charge in [-0.05, 0) is 41.3 Å². The van der Waals surface area contributed by atoms with Gasteiger partial charge < -0.3 is 9.88 Å². The second-order valence-electron chi connectivity index (χ2n) is 5.85. The van der Waals surface area contributed by atoms with Gasteiger partial charge in [0.25, 0.3) is 5.91 Å². The summed E-state index contributed by atoms with van der Waals surface area (Å²) in [5.41, 5.74) is 3.42. The number of rotatable bonds is 4. The first kappa shape index (κ1) is 17.2. The van der Waals surface area contributed by atoms with Crippen LogP contribution >= 0.6 is 34.5 Å². The summed E-state index contributed by atoms with van der Waals surface area (Å²) in [5, 5.41) is 5.80. The van der Waals surface area contributed by atoms with E-state index in [0.717, 1.165) is 15.8 Å². The Balaban J connectivity index is 1.68. The molecule has 0 saturated heterocycles. The molecular weight excluding hydrogens is 387 g/mol. The Hall–Kier alpha value is -2.27. The molecule has 0 unspecified atom stereocenters. The van der Waals surface area contributed by atoms with Gasteiger partial charge in [0.1, 0.15) is 5.69 Å². The molecule has 2 aromatic heterocycles. The number of carbonyl (C=O) groups excluding carboxylic acids is 1. The zero-order chi connectivity index (χ0) is 18.1. The van der Waals surface area contributed by atoms with Crippen molar-refractivity contribution < 1.29 is 4.79 Å². The number of halogens is 2. The first-order chi connectivity index (χ1) is 12.6. The molecule has 0 spiro atoms. The summed E-state index contributed by atoms with van der Waals surface area (Å²) in [6, 6.07) is 19.1. The highest BCUT2D eigenvalue weighted by atomic mass is 35.5. The van der Waals surface area contributed by atoms with Gasteiger partial charge in [-0.3, -0.25) is 4.79 Å². The highest BCUT2D eigenvalue weighted by Gasteiger charge is 2.17. The topological polar surface area (TPSA) is 34.0 Å². The van der Waals surface area contributed by atoms with Crippen LogP contribution in [-0.2, 0) is 6.54 Å². The third-order valence-electron chi connectivity index (χ3n) is 4.12. The Morgan fingerprint density at radius 1 is 1.00 bits per heavy atom. The van der Waals surface area contributed by atoms with Gasteiger partial charge in [-0.1, -0.05) is 53.5 Å². The third-order valence-corrected chi connectivity index (χ3v) is 5.71. The lowest BCUT2D eigenvalue weighted by molar-refractivity contribution is 0.101. The van der Waals surface area contributed by atoms with Crippen molar-refractivity contribution in [1.29, 1.82) is 0 Å². The first-order valence-corrected chi connectivity index (χ1v) is 9.62. The van der Waals surface area contributed by atoms with Crippen LogP contribution in [0.3, 0.4) is 0 Å². The molecular formula is C20H14Cl2N2OS. The number of benzene rings is 2. The lowest BCUT2D eigenvalue weighted by Gasteiger charge is -2.11. The van der Waals surface area contributed by atoms with Crippen LogP contribution in [0.5, 0.6) is 0 Å². The molecule has 0 saturated carbocycles. The minimum Gasteiger partial charge on any atom is -0.331 e. The Morgan fingerprint density at radius 3 is 2.58 bits per heavy atom. The predicted molar refractivity (Wildman–Crippen MR) is 110 cm³/mol. The van der Waals surface area contributed by atoms with Crippen LogP contribution in [-0.4, -0.2) is 10.5 Å². The van der Waals surface area contributed by atoms with Gasteiger partial charge in [0.15, 0.2) is 0 Å². The molecule has 0 aliphatic heterocycles. The minimum atomic E-state index is -0.178. The van der Waals surface area contributed by atoms with Crippen molar-refractivity contribution in [2.24, 2.45) is 0 Å². The van der Waals surface area contributed by atoms with Crippen LogP contribution in [0.15, 0.2) is 66.0 Å². The average molecular weight is 401 g/mol. The molecule has 0 bridgehead atoms. The van der Waals surface area contributed by atoms with Gasteiger partial charge in [0.2, 0.25) is 0 Å². The fourth-order valence-electron chi connectivity index (χ4n) is 2.87. The molecule has 130 valence electrons. The van der Waals surface area contributed by atoms with Gasteiger partial charge in [0.05, 0.1) is 20.3 Å². The van der Waals surface area contributed by atoms with Crippen LogP contribution in [0.4, 0.5) is 5.69 Å². The van der Waals surface area contributed by atoms with E-state index in [-0.39, 0.29) is 5.91 Å². The quantitative estimate of drug-likeness (QED) is 0.427. The Morgan fingerprint density at radius 2 is 1.81 bits per heavy atom. The molecule has 0 aliphatic carbocycles. The maximum absolute atomic E-state index is 12.9. The lowest BCUT2D eigenvalue weighted by atomic mass is 10.2. The van der Waals surface area contributed by atoms with E-state index in [4.69, 9.17) is 23.2 Å². The lowest BCUT2D eigenvalue weighted by Crippen LogP contribution is -2.17. The van der Waals surface area contributed by atoms with E-state index in [0.29, 0.717) is 28.0 Å². The zero-order valence-corrected chi connectivity index (χ0v) is 15.9. The number of aromatic nitrogens is 1. The highest BCUT2D eigenvalue weighted by molar-refractivity contribution is 7.17. The van der Waals surface area contributed by atoms with Crippen LogP contribution in [0, 0.1) is 0 Å². The van der Waals surface area contributed by atoms with E-state index in [1.165, 1.54) is 0 Å². The van der Waals surface area contributed by atoms with Gasteiger partial charge >= 0.3 is 0 Å². The monoisotopic (exact) mass is 400 g/mol. The number of anilines is 1. The smallest absolute Gasteiger partial charge is 0.272 e. The average Bonchev–Trinajstić information content (AvgIpc) is 3.22. The van der Waals surface area contributed by atoms with Crippen molar-refractivity contribution in [1.82, 2.24) is 4.57 Å². The molecule has 3 nitrogen and oxygen atoms in total. The molecule has 0 aliphatic rings. The van der Waals surface area contributed by atoms with Crippen LogP contribution in [0.25, 0.3) is 10.2 Å². The van der Waals surface area contributed by atoms with Crippen molar-refractivity contribution in [3.05, 3.63) is 87.3 Å². The van der Waals surface area contributed by atoms with E-state index >= 15 is 0 Å². The number of hydrogen-bond donors (Lipinski definition) is 1. The summed E-state index contributed by atoms with van der Waals surface area (Å²) in [6.07, 6.45) is 0. The number of carbonyl (C=O) groups is 1. The zero-order valence-electron chi connectivity index (χ0n) is 13.6. The summed E-state index contributed by atoms with van der Waals surface area (Å²) in [4.78, 5) is 12.9. The largest absolute Gasteiger partial charge is 0.331 e. The summed E-state index contributed by atoms with van der Waals surface area (Å²) >= 11 is 13.6. The molecule has 0 radical (unpaired) electrons. The molecule has 2 aromatic carbocycles. The number of thiophene rings is 1. The number of nitrogens with one attached hydrogen (secondary N) is 1. The predicted octanol–water partition coefficient (Wildman–Crippen LogP) is 6.31. The van der Waals surface area contributed by atoms with Crippen molar-refractivity contribution in [2.75, 3.05) is 5.32 Å².